The maximum absolute atomic E-state index is 8.50. The Morgan fingerprint density at radius 1 is 0.714 bits per heavy atom. The molecule has 0 aliphatic carbocycles. The summed E-state index contributed by atoms with van der Waals surface area (Å²) in [7, 11) is 0. The molecule has 0 N–H and O–H groups in total. The van der Waals surface area contributed by atoms with Gasteiger partial charge in [-0.3, -0.25) is 0 Å². The number of rotatable bonds is 0. The fourth-order valence-electron chi connectivity index (χ4n) is 0. The van der Waals surface area contributed by atoms with Crippen LogP contribution in [0.3, 0.4) is 0 Å². The van der Waals surface area contributed by atoms with Crippen LogP contribution >= 0.6 is 0 Å². The summed E-state index contributed by atoms with van der Waals surface area (Å²) in [5.74, 6) is 0. The Labute approximate surface area is 99.2 Å². The molecule has 0 aliphatic heterocycles. The normalized spacial score (nSPS) is 1.71. The summed E-state index contributed by atoms with van der Waals surface area (Å²) in [5, 5.41) is 0. The first-order chi connectivity index (χ1) is 1.41. The van der Waals surface area contributed by atoms with Crippen LogP contribution < -0.4 is 0 Å². The van der Waals surface area contributed by atoms with E-state index in [-0.39, 0.29) is 75.4 Å². The molecule has 7 heteroatoms. The molecule has 0 aliphatic rings. The van der Waals surface area contributed by atoms with Crippen LogP contribution in [-0.4, -0.2) is 75.4 Å². The molecule has 0 aromatic carbocycles. The third kappa shape index (κ3) is 54.0. The molecule has 0 unspecified atom stereocenters. The zero-order valence-corrected chi connectivity index (χ0v) is 7.23. The van der Waals surface area contributed by atoms with Gasteiger partial charge in [-0.1, -0.05) is 0 Å². The summed E-state index contributed by atoms with van der Waals surface area (Å²) < 4.78 is 17.0. The molecule has 0 aromatic rings. The summed E-state index contributed by atoms with van der Waals surface area (Å²) in [6, 6.07) is 0. The van der Waals surface area contributed by atoms with E-state index < -0.39 is 18.5 Å². The van der Waals surface area contributed by atoms with Gasteiger partial charge in [0.15, 0.2) is 0 Å². The van der Waals surface area contributed by atoms with Gasteiger partial charge >= 0.3 is 25.3 Å². The topological polar surface area (TPSA) is 34.1 Å². The van der Waals surface area contributed by atoms with Crippen molar-refractivity contribution in [3.63, 3.8) is 0 Å². The molecule has 0 amide bonds. The first kappa shape index (κ1) is 33.3. The van der Waals surface area contributed by atoms with Crippen LogP contribution in [0.4, 0.5) is 0 Å². The predicted molar refractivity (Wildman–Crippen MR) is 24.4 cm³/mol. The van der Waals surface area contributed by atoms with Crippen LogP contribution in [0.5, 0.6) is 0 Å². The van der Waals surface area contributed by atoms with Crippen LogP contribution in [-0.2, 0) is 25.3 Å². The van der Waals surface area contributed by atoms with Gasteiger partial charge in [0.05, 0.1) is 0 Å². The zero-order chi connectivity index (χ0) is 2.71. The van der Waals surface area contributed by atoms with E-state index in [1.807, 2.05) is 0 Å². The predicted octanol–water partition coefficient (Wildman–Crippen LogP) is -1.76. The third-order valence-corrected chi connectivity index (χ3v) is 0. The average molecular weight is 156 g/mol. The quantitative estimate of drug-likeness (QED) is 0.389. The maximum atomic E-state index is 8.50. The average Bonchev–Trinajstić information content (AvgIpc) is 0.918. The summed E-state index contributed by atoms with van der Waals surface area (Å²) in [5.41, 5.74) is 0. The molecule has 0 aromatic heterocycles. The van der Waals surface area contributed by atoms with Crippen molar-refractivity contribution in [2.75, 3.05) is 0 Å². The van der Waals surface area contributed by atoms with Gasteiger partial charge in [0.2, 0.25) is 0 Å². The Morgan fingerprint density at radius 3 is 0.714 bits per heavy atom. The summed E-state index contributed by atoms with van der Waals surface area (Å²) >= 11 is -2.03. The number of hydrogen-bond donors (Lipinski definition) is 0. The molecule has 0 spiro atoms. The molecule has 0 bridgehead atoms. The summed E-state index contributed by atoms with van der Waals surface area (Å²) in [4.78, 5) is 0. The van der Waals surface area contributed by atoms with Crippen molar-refractivity contribution in [3.8, 4) is 0 Å². The van der Waals surface area contributed by atoms with Gasteiger partial charge in [0.25, 0.3) is 0 Å². The summed E-state index contributed by atoms with van der Waals surface area (Å²) in [6.07, 6.45) is 0. The zero-order valence-electron chi connectivity index (χ0n) is 5.22. The molecule has 0 saturated carbocycles. The molecule has 0 heterocycles. The second kappa shape index (κ2) is 37.8. The minimum absolute atomic E-state index is 0. The van der Waals surface area contributed by atoms with Crippen molar-refractivity contribution in [1.82, 2.24) is 0 Å². The van der Waals surface area contributed by atoms with Crippen molar-refractivity contribution >= 4 is 75.4 Å². The van der Waals surface area contributed by atoms with Crippen LogP contribution in [0.15, 0.2) is 0 Å². The SMILES string of the molecule is [Li].[Li].[Li].[Li].[O]=[Mo]=[O]. The Hall–Kier alpha value is 2.68. The Balaban J connectivity index is -0.00000000333. The summed E-state index contributed by atoms with van der Waals surface area (Å²) in [6.45, 7) is 0. The molecule has 2 nitrogen and oxygen atoms in total. The number of hydrogen-bond acceptors (Lipinski definition) is 2. The van der Waals surface area contributed by atoms with Crippen LogP contribution in [0.2, 0.25) is 0 Å². The molecule has 7 heavy (non-hydrogen) atoms. The minimum atomic E-state index is -2.03. The fourth-order valence-corrected chi connectivity index (χ4v) is 0. The fraction of sp³-hybridized carbons (Fsp3) is 0. The van der Waals surface area contributed by atoms with E-state index in [0.29, 0.717) is 0 Å². The van der Waals surface area contributed by atoms with E-state index in [1.54, 1.807) is 0 Å². The molecule has 0 saturated heterocycles. The molecule has 4 radical (unpaired) electrons. The van der Waals surface area contributed by atoms with Gasteiger partial charge in [0.1, 0.15) is 0 Å². The van der Waals surface area contributed by atoms with E-state index >= 15 is 0 Å². The Bertz CT molecular complexity index is 30.7. The van der Waals surface area contributed by atoms with Crippen molar-refractivity contribution in [3.05, 3.63) is 0 Å². The van der Waals surface area contributed by atoms with Crippen LogP contribution in [0, 0.1) is 0 Å². The van der Waals surface area contributed by atoms with E-state index in [0.717, 1.165) is 0 Å². The van der Waals surface area contributed by atoms with Gasteiger partial charge < -0.3 is 0 Å². The molecule has 0 fully saturated rings. The van der Waals surface area contributed by atoms with Crippen LogP contribution in [0.1, 0.15) is 0 Å². The molecule has 22 valence electrons. The van der Waals surface area contributed by atoms with Gasteiger partial charge in [0, 0.05) is 75.4 Å². The third-order valence-electron chi connectivity index (χ3n) is 0. The second-order valence-corrected chi connectivity index (χ2v) is 0.403. The molecular weight excluding hydrogens is 156 g/mol. The molecule has 0 rings (SSSR count). The molecular formula is Li4MoO2. The van der Waals surface area contributed by atoms with Crippen molar-refractivity contribution in [1.29, 1.82) is 0 Å². The van der Waals surface area contributed by atoms with Crippen molar-refractivity contribution in [2.24, 2.45) is 0 Å². The van der Waals surface area contributed by atoms with Gasteiger partial charge in [-0.2, -0.15) is 0 Å². The second-order valence-electron chi connectivity index (χ2n) is 0.0680. The van der Waals surface area contributed by atoms with E-state index in [2.05, 4.69) is 0 Å². The first-order valence-corrected chi connectivity index (χ1v) is 1.97. The van der Waals surface area contributed by atoms with E-state index in [9.17, 15) is 0 Å². The Kier molecular flexibility index (Phi) is 180. The van der Waals surface area contributed by atoms with E-state index in [4.69, 9.17) is 6.80 Å². The standard InChI is InChI=1S/4Li.Mo.2O. The monoisotopic (exact) mass is 158 g/mol. The van der Waals surface area contributed by atoms with Gasteiger partial charge in [-0.15, -0.1) is 0 Å². The van der Waals surface area contributed by atoms with E-state index in [1.165, 1.54) is 0 Å². The van der Waals surface area contributed by atoms with Gasteiger partial charge in [-0.05, 0) is 0 Å². The van der Waals surface area contributed by atoms with Crippen molar-refractivity contribution in [2.45, 2.75) is 0 Å². The Morgan fingerprint density at radius 2 is 0.714 bits per heavy atom. The first-order valence-electron chi connectivity index (χ1n) is 0.333. The van der Waals surface area contributed by atoms with Crippen LogP contribution in [0.25, 0.3) is 0 Å². The van der Waals surface area contributed by atoms with Crippen molar-refractivity contribution < 1.29 is 25.3 Å². The molecule has 0 atom stereocenters. The van der Waals surface area contributed by atoms with Gasteiger partial charge in [-0.25, -0.2) is 0 Å².